The van der Waals surface area contributed by atoms with Gasteiger partial charge in [0.15, 0.2) is 0 Å². The van der Waals surface area contributed by atoms with Crippen LogP contribution in [0.4, 0.5) is 0 Å². The van der Waals surface area contributed by atoms with Crippen molar-refractivity contribution in [2.75, 3.05) is 0 Å². The number of hydrogen-bond donors (Lipinski definition) is 0. The van der Waals surface area contributed by atoms with E-state index in [1.54, 1.807) is 5.57 Å². The van der Waals surface area contributed by atoms with Crippen molar-refractivity contribution in [1.29, 1.82) is 0 Å². The van der Waals surface area contributed by atoms with E-state index in [0.717, 1.165) is 5.82 Å². The molecule has 1 rings (SSSR count). The molecule has 0 radical (unpaired) electrons. The second-order valence-corrected chi connectivity index (χ2v) is 2.82. The Labute approximate surface area is 59.4 Å². The lowest BCUT2D eigenvalue weighted by atomic mass is 9.62. The lowest BCUT2D eigenvalue weighted by molar-refractivity contribution is 0.903. The third-order valence-corrected chi connectivity index (χ3v) is 2.35. The Bertz CT molecular complexity index is 118. The summed E-state index contributed by atoms with van der Waals surface area (Å²) in [5.74, 6) is 0.940. The predicted molar refractivity (Wildman–Crippen MR) is 47.4 cm³/mol. The van der Waals surface area contributed by atoms with E-state index in [4.69, 9.17) is 0 Å². The zero-order chi connectivity index (χ0) is 6.69. The molecule has 1 atom stereocenters. The Hall–Kier alpha value is -0.130. The highest BCUT2D eigenvalue weighted by Gasteiger charge is 2.15. The molecule has 1 aliphatic heterocycles. The third kappa shape index (κ3) is 1.41. The fourth-order valence-corrected chi connectivity index (χ4v) is 1.72. The molecule has 1 aliphatic rings. The van der Waals surface area contributed by atoms with E-state index in [9.17, 15) is 0 Å². The molecular weight excluding hydrogens is 106 g/mol. The normalized spacial score (nSPS) is 25.4. The molecule has 2 heteroatoms. The smallest absolute Gasteiger partial charge is 0.0940 e. The fourth-order valence-electron chi connectivity index (χ4n) is 1.72. The molecule has 1 heterocycles. The van der Waals surface area contributed by atoms with Crippen molar-refractivity contribution in [1.82, 2.24) is 0 Å². The Morgan fingerprint density at radius 1 is 1.89 bits per heavy atom. The quantitative estimate of drug-likeness (QED) is 0.377. The van der Waals surface area contributed by atoms with Gasteiger partial charge < -0.3 is 0 Å². The Morgan fingerprint density at radius 3 is 3.11 bits per heavy atom. The summed E-state index contributed by atoms with van der Waals surface area (Å²) >= 11 is 0. The van der Waals surface area contributed by atoms with Gasteiger partial charge in [-0.1, -0.05) is 37.6 Å². The standard InChI is InChI=1S/C7H14B2/c1-2-7-6(5-8)3-4-9-7/h3,7,9H,2,4-5,8H2,1H3. The van der Waals surface area contributed by atoms with Gasteiger partial charge in [-0.2, -0.15) is 0 Å². The maximum Gasteiger partial charge on any atom is 0.133 e. The average Bonchev–Trinajstić information content (AvgIpc) is 2.33. The van der Waals surface area contributed by atoms with E-state index < -0.39 is 0 Å². The maximum atomic E-state index is 2.42. The molecule has 48 valence electrons. The molecule has 0 aromatic rings. The minimum atomic E-state index is 0.940. The second kappa shape index (κ2) is 3.14. The summed E-state index contributed by atoms with van der Waals surface area (Å²) in [4.78, 5) is 0. The molecule has 0 fully saturated rings. The van der Waals surface area contributed by atoms with Crippen molar-refractivity contribution in [2.24, 2.45) is 0 Å². The van der Waals surface area contributed by atoms with Gasteiger partial charge in [0.05, 0.1) is 0 Å². The Morgan fingerprint density at radius 2 is 2.67 bits per heavy atom. The Balaban J connectivity index is 2.47. The molecule has 9 heavy (non-hydrogen) atoms. The largest absolute Gasteiger partial charge is 0.133 e. The first-order valence-electron chi connectivity index (χ1n) is 4.07. The SMILES string of the molecule is BCC1=CCBC1CC. The summed E-state index contributed by atoms with van der Waals surface area (Å²) in [5, 5.41) is 0. The van der Waals surface area contributed by atoms with Crippen LogP contribution < -0.4 is 0 Å². The number of rotatable bonds is 2. The number of allylic oxidation sites excluding steroid dienone is 2. The van der Waals surface area contributed by atoms with Crippen LogP contribution in [0.3, 0.4) is 0 Å². The lowest BCUT2D eigenvalue weighted by Crippen LogP contribution is -1.96. The van der Waals surface area contributed by atoms with Gasteiger partial charge in [-0.15, -0.1) is 0 Å². The van der Waals surface area contributed by atoms with Crippen LogP contribution in [-0.4, -0.2) is 15.1 Å². The highest BCUT2D eigenvalue weighted by Crippen LogP contribution is 2.29. The molecule has 0 aliphatic carbocycles. The molecule has 0 nitrogen and oxygen atoms in total. The highest BCUT2D eigenvalue weighted by molar-refractivity contribution is 6.41. The predicted octanol–water partition coefficient (Wildman–Crippen LogP) is 1.03. The van der Waals surface area contributed by atoms with Gasteiger partial charge in [-0.05, 0) is 5.82 Å². The summed E-state index contributed by atoms with van der Waals surface area (Å²) in [6.07, 6.45) is 6.38. The summed E-state index contributed by atoms with van der Waals surface area (Å²) in [6, 6.07) is 0. The molecular formula is C7H14B2. The van der Waals surface area contributed by atoms with Crippen LogP contribution in [0.25, 0.3) is 0 Å². The minimum Gasteiger partial charge on any atom is -0.0940 e. The van der Waals surface area contributed by atoms with Crippen molar-refractivity contribution in [3.05, 3.63) is 11.6 Å². The third-order valence-electron chi connectivity index (χ3n) is 2.35. The topological polar surface area (TPSA) is 0 Å². The van der Waals surface area contributed by atoms with E-state index in [2.05, 4.69) is 20.8 Å². The van der Waals surface area contributed by atoms with Gasteiger partial charge in [0.2, 0.25) is 0 Å². The van der Waals surface area contributed by atoms with Gasteiger partial charge in [0.25, 0.3) is 0 Å². The van der Waals surface area contributed by atoms with Crippen molar-refractivity contribution in [3.63, 3.8) is 0 Å². The molecule has 0 saturated heterocycles. The van der Waals surface area contributed by atoms with Crippen LogP contribution in [0.1, 0.15) is 13.3 Å². The maximum absolute atomic E-state index is 2.42. The van der Waals surface area contributed by atoms with E-state index in [1.165, 1.54) is 26.3 Å². The summed E-state index contributed by atoms with van der Waals surface area (Å²) in [5.41, 5.74) is 1.71. The summed E-state index contributed by atoms with van der Waals surface area (Å²) in [6.45, 7) is 2.29. The molecule has 1 unspecified atom stereocenters. The fraction of sp³-hybridized carbons (Fsp3) is 0.714. The first kappa shape index (κ1) is 6.98. The zero-order valence-electron chi connectivity index (χ0n) is 6.48. The molecule has 0 N–H and O–H groups in total. The number of hydrogen-bond acceptors (Lipinski definition) is 0. The Kier molecular flexibility index (Phi) is 2.44. The van der Waals surface area contributed by atoms with Crippen LogP contribution in [0, 0.1) is 0 Å². The monoisotopic (exact) mass is 120 g/mol. The molecule has 0 aromatic carbocycles. The van der Waals surface area contributed by atoms with Gasteiger partial charge in [0, 0.05) is 0 Å². The van der Waals surface area contributed by atoms with E-state index in [0.29, 0.717) is 0 Å². The summed E-state index contributed by atoms with van der Waals surface area (Å²) in [7, 11) is 3.68. The zero-order valence-corrected chi connectivity index (χ0v) is 6.48. The van der Waals surface area contributed by atoms with Crippen molar-refractivity contribution >= 4 is 15.1 Å². The van der Waals surface area contributed by atoms with Gasteiger partial charge in [0.1, 0.15) is 15.1 Å². The van der Waals surface area contributed by atoms with Crippen molar-refractivity contribution in [2.45, 2.75) is 31.8 Å². The van der Waals surface area contributed by atoms with Crippen LogP contribution >= 0.6 is 0 Å². The van der Waals surface area contributed by atoms with Crippen molar-refractivity contribution < 1.29 is 0 Å². The van der Waals surface area contributed by atoms with Gasteiger partial charge in [-0.3, -0.25) is 0 Å². The van der Waals surface area contributed by atoms with Crippen LogP contribution in [0.15, 0.2) is 11.6 Å². The lowest BCUT2D eigenvalue weighted by Gasteiger charge is -2.08. The van der Waals surface area contributed by atoms with Crippen LogP contribution in [0.5, 0.6) is 0 Å². The molecule has 0 spiro atoms. The van der Waals surface area contributed by atoms with Crippen LogP contribution in [-0.2, 0) is 0 Å². The van der Waals surface area contributed by atoms with Crippen molar-refractivity contribution in [3.8, 4) is 0 Å². The van der Waals surface area contributed by atoms with E-state index >= 15 is 0 Å². The molecule has 0 amide bonds. The first-order chi connectivity index (χ1) is 4.38. The minimum absolute atomic E-state index is 0.940. The molecule has 0 bridgehead atoms. The van der Waals surface area contributed by atoms with Crippen LogP contribution in [0.2, 0.25) is 18.5 Å². The van der Waals surface area contributed by atoms with E-state index in [1.807, 2.05) is 0 Å². The van der Waals surface area contributed by atoms with E-state index in [-0.39, 0.29) is 0 Å². The molecule has 0 saturated carbocycles. The first-order valence-corrected chi connectivity index (χ1v) is 4.07. The highest BCUT2D eigenvalue weighted by atomic mass is 14.1. The molecule has 0 aromatic heterocycles. The van der Waals surface area contributed by atoms with Gasteiger partial charge >= 0.3 is 0 Å². The average molecular weight is 120 g/mol. The van der Waals surface area contributed by atoms with Gasteiger partial charge in [-0.25, -0.2) is 0 Å². The summed E-state index contributed by atoms with van der Waals surface area (Å²) < 4.78 is 0. The second-order valence-electron chi connectivity index (χ2n) is 2.82.